The molecule has 1 aromatic rings. The number of hydrogen-bond donors (Lipinski definition) is 1. The van der Waals surface area contributed by atoms with Crippen molar-refractivity contribution in [2.45, 2.75) is 13.0 Å². The average molecular weight is 403 g/mol. The van der Waals surface area contributed by atoms with Gasteiger partial charge < -0.3 is 14.8 Å². The minimum Gasteiger partial charge on any atom is -0.485 e. The Morgan fingerprint density at radius 2 is 1.89 bits per heavy atom. The lowest BCUT2D eigenvalue weighted by molar-refractivity contribution is 0.0811. The summed E-state index contributed by atoms with van der Waals surface area (Å²) in [7, 11) is 1.64. The van der Waals surface area contributed by atoms with E-state index in [0.29, 0.717) is 27.8 Å². The molecule has 0 amide bonds. The fraction of sp³-hybridized carbons (Fsp3) is 0.500. The molecule has 19 heavy (non-hydrogen) atoms. The molecular weight excluding hydrogens is 388 g/mol. The van der Waals surface area contributed by atoms with Crippen LogP contribution < -0.4 is 10.1 Å². The Kier molecular flexibility index (Phi) is 7.82. The predicted molar refractivity (Wildman–Crippen MR) is 76.9 cm³/mol. The molecule has 0 unspecified atom stereocenters. The Balaban J connectivity index is 2.62. The molecule has 1 rings (SSSR count). The summed E-state index contributed by atoms with van der Waals surface area (Å²) in [6.45, 7) is 1.42. The number of halogens is 4. The molecule has 0 saturated carbocycles. The highest BCUT2D eigenvalue weighted by molar-refractivity contribution is 9.11. The van der Waals surface area contributed by atoms with E-state index in [9.17, 15) is 8.78 Å². The molecule has 0 aliphatic carbocycles. The zero-order valence-corrected chi connectivity index (χ0v) is 13.6. The molecule has 1 aromatic carbocycles. The summed E-state index contributed by atoms with van der Waals surface area (Å²) in [5.41, 5.74) is 1.01. The van der Waals surface area contributed by atoms with Crippen molar-refractivity contribution in [1.29, 1.82) is 0 Å². The highest BCUT2D eigenvalue weighted by atomic mass is 79.9. The first-order valence-electron chi connectivity index (χ1n) is 5.63. The Morgan fingerprint density at radius 3 is 2.42 bits per heavy atom. The summed E-state index contributed by atoms with van der Waals surface area (Å²) in [6.07, 6.45) is -2.49. The summed E-state index contributed by atoms with van der Waals surface area (Å²) in [4.78, 5) is 0. The van der Waals surface area contributed by atoms with Crippen LogP contribution >= 0.6 is 31.9 Å². The molecule has 0 heterocycles. The minimum absolute atomic E-state index is 0.390. The maximum absolute atomic E-state index is 12.1. The third kappa shape index (κ3) is 6.16. The number of methoxy groups -OCH3 is 1. The van der Waals surface area contributed by atoms with Crippen molar-refractivity contribution >= 4 is 31.9 Å². The number of nitrogens with one attached hydrogen (secondary N) is 1. The third-order valence-corrected chi connectivity index (χ3v) is 3.40. The van der Waals surface area contributed by atoms with Crippen molar-refractivity contribution in [3.8, 4) is 5.75 Å². The largest absolute Gasteiger partial charge is 0.485 e. The van der Waals surface area contributed by atoms with Gasteiger partial charge in [0.1, 0.15) is 12.4 Å². The molecule has 0 atom stereocenters. The number of benzene rings is 1. The zero-order chi connectivity index (χ0) is 14.3. The second-order valence-corrected chi connectivity index (χ2v) is 5.47. The number of ether oxygens (including phenoxy) is 2. The number of alkyl halides is 2. The van der Waals surface area contributed by atoms with E-state index in [1.807, 2.05) is 12.1 Å². The van der Waals surface area contributed by atoms with Crippen LogP contribution in [0.25, 0.3) is 0 Å². The van der Waals surface area contributed by atoms with Gasteiger partial charge in [-0.15, -0.1) is 0 Å². The van der Waals surface area contributed by atoms with Crippen LogP contribution in [0.3, 0.4) is 0 Å². The molecule has 0 radical (unpaired) electrons. The van der Waals surface area contributed by atoms with Crippen molar-refractivity contribution in [3.63, 3.8) is 0 Å². The SMILES string of the molecule is COCCNCc1cc(Br)c(OCC(F)F)c(Br)c1. The van der Waals surface area contributed by atoms with Crippen molar-refractivity contribution in [3.05, 3.63) is 26.6 Å². The van der Waals surface area contributed by atoms with Crippen molar-refractivity contribution in [1.82, 2.24) is 5.32 Å². The van der Waals surface area contributed by atoms with E-state index in [2.05, 4.69) is 37.2 Å². The summed E-state index contributed by atoms with van der Waals surface area (Å²) < 4.78 is 35.5. The van der Waals surface area contributed by atoms with Crippen LogP contribution in [0.1, 0.15) is 5.56 Å². The fourth-order valence-corrected chi connectivity index (χ4v) is 2.92. The van der Waals surface area contributed by atoms with Gasteiger partial charge in [-0.3, -0.25) is 0 Å². The Labute approximate surface area is 127 Å². The quantitative estimate of drug-likeness (QED) is 0.674. The van der Waals surface area contributed by atoms with Crippen molar-refractivity contribution in [2.75, 3.05) is 26.9 Å². The maximum Gasteiger partial charge on any atom is 0.272 e. The second kappa shape index (κ2) is 8.84. The molecule has 0 saturated heterocycles. The minimum atomic E-state index is -2.49. The molecule has 0 fully saturated rings. The van der Waals surface area contributed by atoms with Crippen LogP contribution in [-0.4, -0.2) is 33.3 Å². The van der Waals surface area contributed by atoms with E-state index in [-0.39, 0.29) is 0 Å². The molecule has 7 heteroatoms. The molecule has 0 aromatic heterocycles. The van der Waals surface area contributed by atoms with Crippen LogP contribution in [0.4, 0.5) is 8.78 Å². The van der Waals surface area contributed by atoms with Crippen LogP contribution in [0.5, 0.6) is 5.75 Å². The summed E-state index contributed by atoms with van der Waals surface area (Å²) in [6, 6.07) is 3.68. The van der Waals surface area contributed by atoms with Crippen LogP contribution in [0, 0.1) is 0 Å². The van der Waals surface area contributed by atoms with E-state index in [0.717, 1.165) is 12.1 Å². The highest BCUT2D eigenvalue weighted by Gasteiger charge is 2.11. The first-order valence-corrected chi connectivity index (χ1v) is 7.21. The highest BCUT2D eigenvalue weighted by Crippen LogP contribution is 2.35. The standard InChI is InChI=1S/C12H15Br2F2NO2/c1-18-3-2-17-6-8-4-9(13)12(10(14)5-8)19-7-11(15)16/h4-5,11,17H,2-3,6-7H2,1H3. The lowest BCUT2D eigenvalue weighted by Gasteiger charge is -2.12. The van der Waals surface area contributed by atoms with E-state index in [4.69, 9.17) is 9.47 Å². The van der Waals surface area contributed by atoms with E-state index >= 15 is 0 Å². The molecule has 0 aliphatic heterocycles. The molecule has 3 nitrogen and oxygen atoms in total. The maximum atomic E-state index is 12.1. The summed E-state index contributed by atoms with van der Waals surface area (Å²) >= 11 is 6.64. The van der Waals surface area contributed by atoms with E-state index in [1.165, 1.54) is 0 Å². The fourth-order valence-electron chi connectivity index (χ4n) is 1.41. The molecular formula is C12H15Br2F2NO2. The van der Waals surface area contributed by atoms with Gasteiger partial charge in [-0.25, -0.2) is 8.78 Å². The van der Waals surface area contributed by atoms with Crippen LogP contribution in [-0.2, 0) is 11.3 Å². The van der Waals surface area contributed by atoms with E-state index < -0.39 is 13.0 Å². The first-order chi connectivity index (χ1) is 9.04. The predicted octanol–water partition coefficient (Wildman–Crippen LogP) is 3.59. The van der Waals surface area contributed by atoms with Crippen LogP contribution in [0.2, 0.25) is 0 Å². The van der Waals surface area contributed by atoms with Gasteiger partial charge in [-0.1, -0.05) is 0 Å². The Hall–Kier alpha value is -0.240. The van der Waals surface area contributed by atoms with Crippen LogP contribution in [0.15, 0.2) is 21.1 Å². The summed E-state index contributed by atoms with van der Waals surface area (Å²) in [5, 5.41) is 3.20. The molecule has 1 N–H and O–H groups in total. The smallest absolute Gasteiger partial charge is 0.272 e. The van der Waals surface area contributed by atoms with Gasteiger partial charge in [0.15, 0.2) is 0 Å². The normalized spacial score (nSPS) is 11.1. The zero-order valence-electron chi connectivity index (χ0n) is 10.4. The van der Waals surface area contributed by atoms with Gasteiger partial charge in [-0.05, 0) is 49.6 Å². The van der Waals surface area contributed by atoms with Gasteiger partial charge in [0.25, 0.3) is 6.43 Å². The Morgan fingerprint density at radius 1 is 1.26 bits per heavy atom. The van der Waals surface area contributed by atoms with Gasteiger partial charge >= 0.3 is 0 Å². The monoisotopic (exact) mass is 401 g/mol. The number of rotatable bonds is 8. The topological polar surface area (TPSA) is 30.5 Å². The average Bonchev–Trinajstić information content (AvgIpc) is 2.33. The third-order valence-electron chi connectivity index (χ3n) is 2.22. The molecule has 108 valence electrons. The lowest BCUT2D eigenvalue weighted by atomic mass is 10.2. The molecule has 0 bridgehead atoms. The second-order valence-electron chi connectivity index (χ2n) is 3.76. The van der Waals surface area contributed by atoms with Crippen molar-refractivity contribution in [2.24, 2.45) is 0 Å². The molecule has 0 spiro atoms. The van der Waals surface area contributed by atoms with Gasteiger partial charge in [0.05, 0.1) is 15.6 Å². The van der Waals surface area contributed by atoms with Crippen molar-refractivity contribution < 1.29 is 18.3 Å². The first kappa shape index (κ1) is 16.8. The van der Waals surface area contributed by atoms with E-state index in [1.54, 1.807) is 7.11 Å². The Bertz CT molecular complexity index is 382. The van der Waals surface area contributed by atoms with Gasteiger partial charge in [0, 0.05) is 20.2 Å². The summed E-state index contributed by atoms with van der Waals surface area (Å²) in [5.74, 6) is 0.390. The molecule has 0 aliphatic rings. The number of hydrogen-bond acceptors (Lipinski definition) is 3. The van der Waals surface area contributed by atoms with Gasteiger partial charge in [-0.2, -0.15) is 0 Å². The lowest BCUT2D eigenvalue weighted by Crippen LogP contribution is -2.18. The van der Waals surface area contributed by atoms with Gasteiger partial charge in [0.2, 0.25) is 0 Å².